The van der Waals surface area contributed by atoms with Crippen LogP contribution in [0.1, 0.15) is 23.3 Å². The molecule has 5 nitrogen and oxygen atoms in total. The minimum Gasteiger partial charge on any atom is -0.399 e. The molecule has 1 aromatic carbocycles. The molecule has 0 radical (unpaired) electrons. The fourth-order valence-electron chi connectivity index (χ4n) is 2.41. The summed E-state index contributed by atoms with van der Waals surface area (Å²) in [7, 11) is 1.70. The highest BCUT2D eigenvalue weighted by molar-refractivity contribution is 5.98. The van der Waals surface area contributed by atoms with Crippen molar-refractivity contribution in [3.8, 4) is 0 Å². The van der Waals surface area contributed by atoms with Crippen LogP contribution in [0.4, 0.5) is 5.69 Å². The number of hydrogen-bond acceptors (Lipinski definition) is 3. The van der Waals surface area contributed by atoms with Crippen molar-refractivity contribution in [3.63, 3.8) is 0 Å². The molecule has 0 atom stereocenters. The molecule has 0 aliphatic heterocycles. The van der Waals surface area contributed by atoms with Crippen molar-refractivity contribution < 1.29 is 9.53 Å². The number of rotatable bonds is 3. The lowest BCUT2D eigenvalue weighted by molar-refractivity contribution is 0.0175. The van der Waals surface area contributed by atoms with E-state index in [9.17, 15) is 4.79 Å². The lowest BCUT2D eigenvalue weighted by Gasteiger charge is -2.34. The minimum absolute atomic E-state index is 0.0747. The predicted octanol–water partition coefficient (Wildman–Crippen LogP) is 1.66. The second-order valence-electron chi connectivity index (χ2n) is 5.03. The lowest BCUT2D eigenvalue weighted by atomic mass is 9.89. The third kappa shape index (κ3) is 2.29. The minimum atomic E-state index is -0.0747. The Labute approximate surface area is 111 Å². The summed E-state index contributed by atoms with van der Waals surface area (Å²) in [5, 5.41) is 3.94. The summed E-state index contributed by atoms with van der Waals surface area (Å²) < 4.78 is 5.19. The highest BCUT2D eigenvalue weighted by Crippen LogP contribution is 2.23. The van der Waals surface area contributed by atoms with Crippen LogP contribution in [0.5, 0.6) is 0 Å². The van der Waals surface area contributed by atoms with Gasteiger partial charge in [0, 0.05) is 29.7 Å². The molecule has 1 aliphatic carbocycles. The molecule has 4 N–H and O–H groups in total. The zero-order valence-corrected chi connectivity index (χ0v) is 10.8. The highest BCUT2D eigenvalue weighted by Gasteiger charge is 2.30. The molecule has 1 saturated carbocycles. The number of carbonyl (C=O) groups is 1. The van der Waals surface area contributed by atoms with Gasteiger partial charge in [0.15, 0.2) is 0 Å². The van der Waals surface area contributed by atoms with Crippen molar-refractivity contribution in [2.24, 2.45) is 0 Å². The van der Waals surface area contributed by atoms with Gasteiger partial charge >= 0.3 is 0 Å². The molecule has 100 valence electrons. The number of nitrogens with one attached hydrogen (secondary N) is 2. The van der Waals surface area contributed by atoms with Gasteiger partial charge in [-0.1, -0.05) is 0 Å². The number of carbonyl (C=O) groups excluding carboxylic acids is 1. The number of methoxy groups -OCH3 is 1. The van der Waals surface area contributed by atoms with E-state index in [0.717, 1.165) is 23.7 Å². The van der Waals surface area contributed by atoms with Crippen molar-refractivity contribution in [1.82, 2.24) is 10.3 Å². The fraction of sp³-hybridized carbons (Fsp3) is 0.357. The van der Waals surface area contributed by atoms with Gasteiger partial charge in [0.25, 0.3) is 5.91 Å². The average Bonchev–Trinajstić information content (AvgIpc) is 2.75. The van der Waals surface area contributed by atoms with E-state index in [-0.39, 0.29) is 18.1 Å². The molecule has 3 rings (SSSR count). The summed E-state index contributed by atoms with van der Waals surface area (Å²) in [6, 6.07) is 7.59. The number of aromatic amines is 1. The summed E-state index contributed by atoms with van der Waals surface area (Å²) >= 11 is 0. The number of ether oxygens (including phenoxy) is 1. The Balaban J connectivity index is 1.71. The van der Waals surface area contributed by atoms with Gasteiger partial charge < -0.3 is 20.8 Å². The molecule has 0 bridgehead atoms. The van der Waals surface area contributed by atoms with Gasteiger partial charge in [-0.2, -0.15) is 0 Å². The summed E-state index contributed by atoms with van der Waals surface area (Å²) in [4.78, 5) is 15.2. The van der Waals surface area contributed by atoms with Crippen LogP contribution in [0.3, 0.4) is 0 Å². The summed E-state index contributed by atoms with van der Waals surface area (Å²) in [5.74, 6) is -0.0747. The van der Waals surface area contributed by atoms with Gasteiger partial charge in [-0.25, -0.2) is 0 Å². The molecule has 2 aromatic rings. The molecular formula is C14H17N3O2. The largest absolute Gasteiger partial charge is 0.399 e. The molecular weight excluding hydrogens is 242 g/mol. The molecule has 0 spiro atoms. The third-order valence-electron chi connectivity index (χ3n) is 3.65. The molecule has 1 amide bonds. The van der Waals surface area contributed by atoms with E-state index < -0.39 is 0 Å². The molecule has 1 aliphatic rings. The predicted molar refractivity (Wildman–Crippen MR) is 74.0 cm³/mol. The van der Waals surface area contributed by atoms with E-state index in [4.69, 9.17) is 10.5 Å². The van der Waals surface area contributed by atoms with E-state index in [1.165, 1.54) is 0 Å². The van der Waals surface area contributed by atoms with Crippen LogP contribution < -0.4 is 11.1 Å². The standard InChI is InChI=1S/C14H17N3O2/c1-19-11-6-10(7-11)16-14(18)13-5-8-4-9(15)2-3-12(8)17-13/h2-5,10-11,17H,6-7,15H2,1H3,(H,16,18). The van der Waals surface area contributed by atoms with Gasteiger partial charge in [0.2, 0.25) is 0 Å². The molecule has 19 heavy (non-hydrogen) atoms. The van der Waals surface area contributed by atoms with Gasteiger partial charge in [0.1, 0.15) is 5.69 Å². The number of nitrogens with two attached hydrogens (primary N) is 1. The zero-order chi connectivity index (χ0) is 13.4. The number of hydrogen-bond donors (Lipinski definition) is 3. The van der Waals surface area contributed by atoms with Gasteiger partial charge in [-0.15, -0.1) is 0 Å². The van der Waals surface area contributed by atoms with Gasteiger partial charge in [0.05, 0.1) is 6.10 Å². The number of amides is 1. The van der Waals surface area contributed by atoms with Crippen molar-refractivity contribution in [2.75, 3.05) is 12.8 Å². The zero-order valence-electron chi connectivity index (χ0n) is 10.8. The first-order valence-electron chi connectivity index (χ1n) is 6.37. The molecule has 1 aromatic heterocycles. The lowest BCUT2D eigenvalue weighted by Crippen LogP contribution is -2.47. The molecule has 0 unspecified atom stereocenters. The number of nitrogen functional groups attached to an aromatic ring is 1. The Morgan fingerprint density at radius 3 is 2.95 bits per heavy atom. The number of anilines is 1. The van der Waals surface area contributed by atoms with Gasteiger partial charge in [-0.3, -0.25) is 4.79 Å². The van der Waals surface area contributed by atoms with Gasteiger partial charge in [-0.05, 0) is 37.1 Å². The van der Waals surface area contributed by atoms with E-state index in [1.807, 2.05) is 24.3 Å². The number of aromatic nitrogens is 1. The fourth-order valence-corrected chi connectivity index (χ4v) is 2.41. The maximum absolute atomic E-state index is 12.1. The maximum atomic E-state index is 12.1. The molecule has 5 heteroatoms. The summed E-state index contributed by atoms with van der Waals surface area (Å²) in [6.07, 6.45) is 2.05. The SMILES string of the molecule is COC1CC(NC(=O)c2cc3cc(N)ccc3[nH]2)C1. The summed E-state index contributed by atoms with van der Waals surface area (Å²) in [5.41, 5.74) is 7.91. The topological polar surface area (TPSA) is 80.1 Å². The first-order valence-corrected chi connectivity index (χ1v) is 6.37. The van der Waals surface area contributed by atoms with Crippen LogP contribution >= 0.6 is 0 Å². The highest BCUT2D eigenvalue weighted by atomic mass is 16.5. The smallest absolute Gasteiger partial charge is 0.267 e. The van der Waals surface area contributed by atoms with Crippen molar-refractivity contribution in [2.45, 2.75) is 25.0 Å². The second-order valence-corrected chi connectivity index (χ2v) is 5.03. The first kappa shape index (κ1) is 12.0. The Morgan fingerprint density at radius 1 is 1.42 bits per heavy atom. The summed E-state index contributed by atoms with van der Waals surface area (Å²) in [6.45, 7) is 0. The van der Waals surface area contributed by atoms with Crippen LogP contribution in [0.25, 0.3) is 10.9 Å². The Hall–Kier alpha value is -2.01. The Morgan fingerprint density at radius 2 is 2.21 bits per heavy atom. The quantitative estimate of drug-likeness (QED) is 0.733. The van der Waals surface area contributed by atoms with Crippen molar-refractivity contribution in [1.29, 1.82) is 0 Å². The number of benzene rings is 1. The number of H-pyrrole nitrogens is 1. The average molecular weight is 259 g/mol. The van der Waals surface area contributed by atoms with Crippen LogP contribution in [-0.4, -0.2) is 30.1 Å². The molecule has 1 fully saturated rings. The van der Waals surface area contributed by atoms with E-state index in [1.54, 1.807) is 7.11 Å². The number of fused-ring (bicyclic) bond motifs is 1. The Kier molecular flexibility index (Phi) is 2.91. The van der Waals surface area contributed by atoms with E-state index >= 15 is 0 Å². The van der Waals surface area contributed by atoms with Crippen LogP contribution in [0.2, 0.25) is 0 Å². The molecule has 1 heterocycles. The normalized spacial score (nSPS) is 22.2. The maximum Gasteiger partial charge on any atom is 0.267 e. The monoisotopic (exact) mass is 259 g/mol. The van der Waals surface area contributed by atoms with E-state index in [2.05, 4.69) is 10.3 Å². The van der Waals surface area contributed by atoms with Crippen molar-refractivity contribution in [3.05, 3.63) is 30.0 Å². The Bertz CT molecular complexity index is 614. The first-order chi connectivity index (χ1) is 9.15. The van der Waals surface area contributed by atoms with Crippen molar-refractivity contribution >= 4 is 22.5 Å². The van der Waals surface area contributed by atoms with Crippen LogP contribution in [-0.2, 0) is 4.74 Å². The van der Waals surface area contributed by atoms with Crippen LogP contribution in [0, 0.1) is 0 Å². The molecule has 0 saturated heterocycles. The van der Waals surface area contributed by atoms with Crippen LogP contribution in [0.15, 0.2) is 24.3 Å². The van der Waals surface area contributed by atoms with E-state index in [0.29, 0.717) is 11.4 Å². The third-order valence-corrected chi connectivity index (χ3v) is 3.65. The second kappa shape index (κ2) is 4.59.